The van der Waals surface area contributed by atoms with Crippen LogP contribution >= 0.6 is 11.6 Å². The van der Waals surface area contributed by atoms with Crippen LogP contribution in [0.3, 0.4) is 0 Å². The zero-order valence-electron chi connectivity index (χ0n) is 18.8. The number of allylic oxidation sites excluding steroid dienone is 1. The quantitative estimate of drug-likeness (QED) is 0.304. The third kappa shape index (κ3) is 4.70. The fourth-order valence-corrected chi connectivity index (χ4v) is 4.19. The van der Waals surface area contributed by atoms with Crippen molar-refractivity contribution < 1.29 is 18.0 Å². The first-order valence-corrected chi connectivity index (χ1v) is 11.3. The van der Waals surface area contributed by atoms with Crippen LogP contribution in [0.2, 0.25) is 5.02 Å². The van der Waals surface area contributed by atoms with Crippen molar-refractivity contribution in [2.24, 2.45) is 4.99 Å². The Morgan fingerprint density at radius 2 is 1.75 bits per heavy atom. The maximum Gasteiger partial charge on any atom is 0.416 e. The predicted octanol–water partition coefficient (Wildman–Crippen LogP) is 6.24. The Morgan fingerprint density at radius 1 is 1.03 bits per heavy atom. The maximum atomic E-state index is 13.5. The van der Waals surface area contributed by atoms with Gasteiger partial charge in [-0.25, -0.2) is 4.99 Å². The monoisotopic (exact) mass is 509 g/mol. The van der Waals surface area contributed by atoms with E-state index in [4.69, 9.17) is 11.6 Å². The summed E-state index contributed by atoms with van der Waals surface area (Å²) in [5, 5.41) is 14.3. The molecule has 0 fully saturated rings. The molecule has 0 spiro atoms. The highest BCUT2D eigenvalue weighted by Gasteiger charge is 2.33. The number of rotatable bonds is 4. The molecule has 1 amide bonds. The molecule has 2 heterocycles. The Kier molecular flexibility index (Phi) is 6.01. The minimum Gasteiger partial charge on any atom is -0.358 e. The van der Waals surface area contributed by atoms with Crippen molar-refractivity contribution in [2.45, 2.75) is 19.1 Å². The molecule has 0 saturated heterocycles. The molecule has 1 aliphatic rings. The number of aromatic amines is 1. The van der Waals surface area contributed by atoms with Crippen molar-refractivity contribution in [3.8, 4) is 0 Å². The van der Waals surface area contributed by atoms with E-state index in [1.54, 1.807) is 55.6 Å². The highest BCUT2D eigenvalue weighted by molar-refractivity contribution is 6.30. The largest absolute Gasteiger partial charge is 0.416 e. The number of anilines is 1. The molecule has 5 rings (SSSR count). The van der Waals surface area contributed by atoms with Gasteiger partial charge in [-0.2, -0.15) is 18.3 Å². The Morgan fingerprint density at radius 3 is 2.44 bits per heavy atom. The summed E-state index contributed by atoms with van der Waals surface area (Å²) in [6, 6.07) is 16.3. The molecule has 182 valence electrons. The van der Waals surface area contributed by atoms with Crippen molar-refractivity contribution in [1.82, 2.24) is 15.5 Å². The molecule has 3 aromatic carbocycles. The van der Waals surface area contributed by atoms with Crippen LogP contribution in [0.4, 0.5) is 18.9 Å². The topological polar surface area (TPSA) is 82.2 Å². The van der Waals surface area contributed by atoms with E-state index in [1.165, 1.54) is 12.1 Å². The number of fused-ring (bicyclic) bond motifs is 1. The zero-order valence-corrected chi connectivity index (χ0v) is 19.6. The van der Waals surface area contributed by atoms with Crippen LogP contribution in [-0.2, 0) is 11.0 Å². The summed E-state index contributed by atoms with van der Waals surface area (Å²) in [6.45, 7) is 1.70. The van der Waals surface area contributed by atoms with E-state index in [9.17, 15) is 18.0 Å². The van der Waals surface area contributed by atoms with Gasteiger partial charge >= 0.3 is 6.18 Å². The lowest BCUT2D eigenvalue weighted by Gasteiger charge is -2.29. The Bertz CT molecular complexity index is 1510. The molecule has 3 N–H and O–H groups in total. The minimum atomic E-state index is -4.47. The van der Waals surface area contributed by atoms with E-state index in [2.05, 4.69) is 25.8 Å². The van der Waals surface area contributed by atoms with Gasteiger partial charge in [0, 0.05) is 21.7 Å². The standard InChI is InChI=1S/C26H19ClF3N5O/c1-14-22(25(36)33-20-10-11-21-17(12-20)13-31-35-21)23(15-2-6-18(7-3-15)26(28,29)30)34-24(32-14)16-4-8-19(27)9-5-16/h2-13,23H,1H3,(H,31,35)(H,32,34)(H,33,36). The van der Waals surface area contributed by atoms with Crippen LogP contribution < -0.4 is 10.6 Å². The molecule has 6 nitrogen and oxygen atoms in total. The molecule has 1 atom stereocenters. The molecule has 0 saturated carbocycles. The Labute approximate surface area is 208 Å². The molecule has 1 aliphatic heterocycles. The highest BCUT2D eigenvalue weighted by Crippen LogP contribution is 2.34. The normalized spacial score (nSPS) is 16.0. The molecule has 10 heteroatoms. The number of carbonyl (C=O) groups excluding carboxylic acids is 1. The second-order valence-electron chi connectivity index (χ2n) is 8.29. The van der Waals surface area contributed by atoms with Crippen LogP contribution in [0.15, 0.2) is 89.2 Å². The van der Waals surface area contributed by atoms with E-state index >= 15 is 0 Å². The molecule has 0 radical (unpaired) electrons. The van der Waals surface area contributed by atoms with Gasteiger partial charge in [-0.05, 0) is 67.1 Å². The molecule has 0 bridgehead atoms. The lowest BCUT2D eigenvalue weighted by molar-refractivity contribution is -0.137. The number of nitrogens with zero attached hydrogens (tertiary/aromatic N) is 2. The summed E-state index contributed by atoms with van der Waals surface area (Å²) < 4.78 is 39.4. The van der Waals surface area contributed by atoms with E-state index in [0.717, 1.165) is 28.6 Å². The second kappa shape index (κ2) is 9.16. The van der Waals surface area contributed by atoms with Crippen LogP contribution in [0.1, 0.15) is 29.7 Å². The molecular weight excluding hydrogens is 491 g/mol. The fraction of sp³-hybridized carbons (Fsp3) is 0.115. The van der Waals surface area contributed by atoms with Gasteiger partial charge in [0.1, 0.15) is 5.84 Å². The van der Waals surface area contributed by atoms with Crippen molar-refractivity contribution in [1.29, 1.82) is 0 Å². The van der Waals surface area contributed by atoms with Gasteiger partial charge < -0.3 is 10.6 Å². The summed E-state index contributed by atoms with van der Waals surface area (Å²) in [7, 11) is 0. The fourth-order valence-electron chi connectivity index (χ4n) is 4.06. The van der Waals surface area contributed by atoms with Gasteiger partial charge in [-0.15, -0.1) is 0 Å². The number of alkyl halides is 3. The molecule has 0 aliphatic carbocycles. The number of hydrogen-bond donors (Lipinski definition) is 3. The number of halogens is 4. The van der Waals surface area contributed by atoms with Crippen LogP contribution in [-0.4, -0.2) is 21.9 Å². The highest BCUT2D eigenvalue weighted by atomic mass is 35.5. The number of benzene rings is 3. The number of carbonyl (C=O) groups is 1. The molecule has 36 heavy (non-hydrogen) atoms. The summed E-state index contributed by atoms with van der Waals surface area (Å²) in [5.41, 5.74) is 2.54. The minimum absolute atomic E-state index is 0.291. The number of amides is 1. The first-order valence-electron chi connectivity index (χ1n) is 10.9. The number of aromatic nitrogens is 2. The van der Waals surface area contributed by atoms with Crippen molar-refractivity contribution in [3.63, 3.8) is 0 Å². The third-order valence-corrected chi connectivity index (χ3v) is 6.12. The zero-order chi connectivity index (χ0) is 25.4. The van der Waals surface area contributed by atoms with Gasteiger partial charge in [-0.3, -0.25) is 9.89 Å². The van der Waals surface area contributed by atoms with E-state index in [0.29, 0.717) is 33.4 Å². The average Bonchev–Trinajstić information content (AvgIpc) is 3.31. The number of H-pyrrole nitrogens is 1. The van der Waals surface area contributed by atoms with E-state index in [-0.39, 0.29) is 0 Å². The SMILES string of the molecule is CC1=C(C(=O)Nc2ccc3[nH]ncc3c2)C(c2ccc(C(F)(F)F)cc2)NC(c2ccc(Cl)cc2)=N1. The number of hydrogen-bond acceptors (Lipinski definition) is 4. The van der Waals surface area contributed by atoms with Gasteiger partial charge in [0.15, 0.2) is 0 Å². The van der Waals surface area contributed by atoms with Gasteiger partial charge in [0.05, 0.1) is 34.6 Å². The molecule has 1 unspecified atom stereocenters. The molecule has 1 aromatic heterocycles. The summed E-state index contributed by atoms with van der Waals surface area (Å²) in [5.74, 6) is 0.0529. The van der Waals surface area contributed by atoms with Gasteiger partial charge in [-0.1, -0.05) is 23.7 Å². The Balaban J connectivity index is 1.53. The summed E-state index contributed by atoms with van der Waals surface area (Å²) in [6.07, 6.45) is -2.82. The second-order valence-corrected chi connectivity index (χ2v) is 8.73. The van der Waals surface area contributed by atoms with E-state index < -0.39 is 23.7 Å². The summed E-state index contributed by atoms with van der Waals surface area (Å²) >= 11 is 6.01. The van der Waals surface area contributed by atoms with Gasteiger partial charge in [0.2, 0.25) is 0 Å². The van der Waals surface area contributed by atoms with Crippen LogP contribution in [0, 0.1) is 0 Å². The first-order chi connectivity index (χ1) is 17.2. The van der Waals surface area contributed by atoms with Crippen LogP contribution in [0.25, 0.3) is 10.9 Å². The third-order valence-electron chi connectivity index (χ3n) is 5.87. The first kappa shape index (κ1) is 23.6. The molecule has 4 aromatic rings. The number of nitrogens with one attached hydrogen (secondary N) is 3. The van der Waals surface area contributed by atoms with Gasteiger partial charge in [0.25, 0.3) is 5.91 Å². The van der Waals surface area contributed by atoms with Crippen LogP contribution in [0.5, 0.6) is 0 Å². The van der Waals surface area contributed by atoms with E-state index in [1.807, 2.05) is 0 Å². The van der Waals surface area contributed by atoms with Crippen molar-refractivity contribution >= 4 is 39.9 Å². The number of amidine groups is 1. The van der Waals surface area contributed by atoms with Crippen molar-refractivity contribution in [3.05, 3.63) is 106 Å². The smallest absolute Gasteiger partial charge is 0.358 e. The maximum absolute atomic E-state index is 13.5. The lowest BCUT2D eigenvalue weighted by atomic mass is 9.93. The Hall–Kier alpha value is -4.11. The van der Waals surface area contributed by atoms with Crippen molar-refractivity contribution in [2.75, 3.05) is 5.32 Å². The lowest BCUT2D eigenvalue weighted by Crippen LogP contribution is -2.37. The predicted molar refractivity (Wildman–Crippen MR) is 133 cm³/mol. The average molecular weight is 510 g/mol. The molecular formula is C26H19ClF3N5O. The summed E-state index contributed by atoms with van der Waals surface area (Å²) in [4.78, 5) is 18.0. The number of aliphatic imine (C=N–C) groups is 1.